The van der Waals surface area contributed by atoms with E-state index < -0.39 is 0 Å². The summed E-state index contributed by atoms with van der Waals surface area (Å²) in [6.07, 6.45) is 42.0. The SMILES string of the molecule is COC(C)(C)C/C=C/C(C)C/C=C/C(C)/C=C/CC(C)/C=C/C=C/C(C)/C=C/C=C(\C)CC/C=C(\C)CCC=C(C)C. The summed E-state index contributed by atoms with van der Waals surface area (Å²) in [6, 6.07) is 0. The highest BCUT2D eigenvalue weighted by Gasteiger charge is 2.13. The van der Waals surface area contributed by atoms with E-state index in [0.717, 1.165) is 38.5 Å². The van der Waals surface area contributed by atoms with Gasteiger partial charge in [0.15, 0.2) is 0 Å². The Balaban J connectivity index is 4.33. The molecule has 0 aromatic carbocycles. The molecule has 0 amide bonds. The monoisotopic (exact) mass is 575 g/mol. The van der Waals surface area contributed by atoms with Crippen molar-refractivity contribution in [3.63, 3.8) is 0 Å². The van der Waals surface area contributed by atoms with Gasteiger partial charge in [-0.1, -0.05) is 136 Å². The molecule has 0 N–H and O–H groups in total. The maximum atomic E-state index is 5.48. The highest BCUT2D eigenvalue weighted by Crippen LogP contribution is 2.16. The Labute approximate surface area is 262 Å². The van der Waals surface area contributed by atoms with Gasteiger partial charge in [0.2, 0.25) is 0 Å². The summed E-state index contributed by atoms with van der Waals surface area (Å²) < 4.78 is 5.48. The van der Waals surface area contributed by atoms with Gasteiger partial charge in [-0.05, 0) is 110 Å². The molecule has 0 saturated heterocycles. The molecular formula is C41H66O. The van der Waals surface area contributed by atoms with Crippen LogP contribution in [0.1, 0.15) is 114 Å². The molecule has 0 aromatic heterocycles. The summed E-state index contributed by atoms with van der Waals surface area (Å²) in [5.74, 6) is 1.97. The van der Waals surface area contributed by atoms with Gasteiger partial charge in [0.1, 0.15) is 0 Å². The topological polar surface area (TPSA) is 9.23 Å². The van der Waals surface area contributed by atoms with E-state index in [2.05, 4.69) is 160 Å². The minimum atomic E-state index is -0.0802. The van der Waals surface area contributed by atoms with Crippen LogP contribution in [-0.2, 0) is 4.74 Å². The lowest BCUT2D eigenvalue weighted by Gasteiger charge is -2.20. The summed E-state index contributed by atoms with van der Waals surface area (Å²) in [5.41, 5.74) is 4.27. The molecule has 42 heavy (non-hydrogen) atoms. The van der Waals surface area contributed by atoms with Crippen molar-refractivity contribution >= 4 is 0 Å². The quantitative estimate of drug-likeness (QED) is 0.0978. The van der Waals surface area contributed by atoms with Gasteiger partial charge in [0.05, 0.1) is 5.60 Å². The van der Waals surface area contributed by atoms with Crippen molar-refractivity contribution in [2.45, 2.75) is 120 Å². The Morgan fingerprint density at radius 2 is 1.14 bits per heavy atom. The van der Waals surface area contributed by atoms with Gasteiger partial charge in [-0.3, -0.25) is 0 Å². The lowest BCUT2D eigenvalue weighted by atomic mass is 10.0. The Hall–Kier alpha value is -2.38. The molecule has 0 radical (unpaired) electrons. The molecule has 0 saturated carbocycles. The summed E-state index contributed by atoms with van der Waals surface area (Å²) in [6.45, 7) is 22.1. The number of rotatable bonds is 21. The zero-order valence-electron chi connectivity index (χ0n) is 29.3. The minimum absolute atomic E-state index is 0.0802. The first-order valence-electron chi connectivity index (χ1n) is 16.4. The predicted octanol–water partition coefficient (Wildman–Crippen LogP) is 12.9. The zero-order valence-corrected chi connectivity index (χ0v) is 29.3. The van der Waals surface area contributed by atoms with Crippen molar-refractivity contribution in [2.24, 2.45) is 23.7 Å². The van der Waals surface area contributed by atoms with Gasteiger partial charge in [0, 0.05) is 7.11 Å². The van der Waals surface area contributed by atoms with E-state index in [9.17, 15) is 0 Å². The number of ether oxygens (including phenoxy) is 1. The smallest absolute Gasteiger partial charge is 0.0657 e. The molecule has 4 atom stereocenters. The Morgan fingerprint density at radius 3 is 1.76 bits per heavy atom. The van der Waals surface area contributed by atoms with Gasteiger partial charge >= 0.3 is 0 Å². The van der Waals surface area contributed by atoms with Crippen molar-refractivity contribution in [3.8, 4) is 0 Å². The highest BCUT2D eigenvalue weighted by atomic mass is 16.5. The van der Waals surface area contributed by atoms with Crippen LogP contribution in [0.25, 0.3) is 0 Å². The average Bonchev–Trinajstić information content (AvgIpc) is 2.91. The first-order chi connectivity index (χ1) is 19.8. The normalized spacial score (nSPS) is 17.0. The van der Waals surface area contributed by atoms with Crippen molar-refractivity contribution in [2.75, 3.05) is 7.11 Å². The van der Waals surface area contributed by atoms with Crippen LogP contribution in [0.2, 0.25) is 0 Å². The van der Waals surface area contributed by atoms with E-state index in [0.29, 0.717) is 23.7 Å². The molecule has 0 heterocycles. The second-order valence-electron chi connectivity index (χ2n) is 13.2. The summed E-state index contributed by atoms with van der Waals surface area (Å²) in [4.78, 5) is 0. The van der Waals surface area contributed by atoms with Crippen LogP contribution in [-0.4, -0.2) is 12.7 Å². The molecule has 4 unspecified atom stereocenters. The molecule has 0 spiro atoms. The summed E-state index contributed by atoms with van der Waals surface area (Å²) in [5, 5.41) is 0. The standard InChI is InChI=1S/C41H66O/c1-34(2)20-14-23-37(5)26-17-29-38(6)27-15-24-35(3)21-12-13-22-36(4)25-16-28-39(7)30-18-31-40(8)32-19-33-41(9,10)42-11/h12-13,15-16,18-22,24,26-28,30,32,35-36,39-40H,14,17,23,25,29,31,33H2,1-11H3/b21-12+,22-13+,24-15+,28-16+,30-18+,32-19+,37-26+,38-27+. The van der Waals surface area contributed by atoms with E-state index in [1.807, 2.05) is 0 Å². The second-order valence-corrected chi connectivity index (χ2v) is 13.2. The molecule has 0 bridgehead atoms. The first kappa shape index (κ1) is 39.6. The lowest BCUT2D eigenvalue weighted by molar-refractivity contribution is 0.0254. The van der Waals surface area contributed by atoms with Crippen LogP contribution in [0.5, 0.6) is 0 Å². The van der Waals surface area contributed by atoms with Crippen LogP contribution in [0.4, 0.5) is 0 Å². The van der Waals surface area contributed by atoms with Gasteiger partial charge in [-0.15, -0.1) is 0 Å². The molecule has 1 heteroatoms. The fourth-order valence-electron chi connectivity index (χ4n) is 4.18. The number of allylic oxidation sites excluding steroid dienone is 17. The van der Waals surface area contributed by atoms with Crippen molar-refractivity contribution in [3.05, 3.63) is 108 Å². The Kier molecular flexibility index (Phi) is 22.7. The highest BCUT2D eigenvalue weighted by molar-refractivity contribution is 5.15. The minimum Gasteiger partial charge on any atom is -0.378 e. The third kappa shape index (κ3) is 25.3. The largest absolute Gasteiger partial charge is 0.378 e. The van der Waals surface area contributed by atoms with Gasteiger partial charge in [-0.25, -0.2) is 0 Å². The van der Waals surface area contributed by atoms with Gasteiger partial charge in [-0.2, -0.15) is 0 Å². The van der Waals surface area contributed by atoms with Gasteiger partial charge < -0.3 is 4.74 Å². The summed E-state index contributed by atoms with van der Waals surface area (Å²) in [7, 11) is 1.78. The van der Waals surface area contributed by atoms with E-state index in [4.69, 9.17) is 4.74 Å². The molecule has 0 aliphatic carbocycles. The van der Waals surface area contributed by atoms with Crippen LogP contribution >= 0.6 is 0 Å². The maximum absolute atomic E-state index is 5.48. The number of hydrogen-bond donors (Lipinski definition) is 0. The van der Waals surface area contributed by atoms with Crippen molar-refractivity contribution in [1.29, 1.82) is 0 Å². The van der Waals surface area contributed by atoms with Crippen LogP contribution in [0.3, 0.4) is 0 Å². The molecule has 1 nitrogen and oxygen atoms in total. The number of hydrogen-bond acceptors (Lipinski definition) is 1. The molecular weight excluding hydrogens is 508 g/mol. The van der Waals surface area contributed by atoms with E-state index in [1.165, 1.54) is 23.1 Å². The molecule has 0 fully saturated rings. The zero-order chi connectivity index (χ0) is 31.8. The van der Waals surface area contributed by atoms with E-state index in [-0.39, 0.29) is 5.60 Å². The van der Waals surface area contributed by atoms with E-state index in [1.54, 1.807) is 7.11 Å². The first-order valence-corrected chi connectivity index (χ1v) is 16.4. The fraction of sp³-hybridized carbons (Fsp3) is 0.561. The third-order valence-electron chi connectivity index (χ3n) is 7.41. The Bertz CT molecular complexity index is 968. The Morgan fingerprint density at radius 1 is 0.619 bits per heavy atom. The molecule has 236 valence electrons. The molecule has 0 rings (SSSR count). The fourth-order valence-corrected chi connectivity index (χ4v) is 4.18. The van der Waals surface area contributed by atoms with Crippen LogP contribution in [0.15, 0.2) is 108 Å². The van der Waals surface area contributed by atoms with E-state index >= 15 is 0 Å². The van der Waals surface area contributed by atoms with Crippen LogP contribution in [0, 0.1) is 23.7 Å². The van der Waals surface area contributed by atoms with Crippen molar-refractivity contribution in [1.82, 2.24) is 0 Å². The lowest BCUT2D eigenvalue weighted by Crippen LogP contribution is -2.20. The van der Waals surface area contributed by atoms with Crippen LogP contribution < -0.4 is 0 Å². The van der Waals surface area contributed by atoms with Gasteiger partial charge in [0.25, 0.3) is 0 Å². The average molecular weight is 575 g/mol. The molecule has 0 aliphatic heterocycles. The predicted molar refractivity (Wildman–Crippen MR) is 192 cm³/mol. The maximum Gasteiger partial charge on any atom is 0.0657 e. The molecule has 0 aliphatic rings. The number of methoxy groups -OCH3 is 1. The second kappa shape index (κ2) is 24.1. The molecule has 0 aromatic rings. The summed E-state index contributed by atoms with van der Waals surface area (Å²) >= 11 is 0. The van der Waals surface area contributed by atoms with Crippen molar-refractivity contribution < 1.29 is 4.74 Å². The third-order valence-corrected chi connectivity index (χ3v) is 7.41.